The van der Waals surface area contributed by atoms with Crippen LogP contribution in [0, 0.1) is 0 Å². The van der Waals surface area contributed by atoms with Crippen molar-refractivity contribution in [3.8, 4) is 0 Å². The maximum Gasteiger partial charge on any atom is 0.275 e. The van der Waals surface area contributed by atoms with Crippen LogP contribution in [-0.2, 0) is 16.1 Å². The fourth-order valence-electron chi connectivity index (χ4n) is 4.08. The first-order chi connectivity index (χ1) is 14.8. The lowest BCUT2D eigenvalue weighted by atomic mass is 9.99. The Balaban J connectivity index is 1.47. The maximum absolute atomic E-state index is 13.1. The van der Waals surface area contributed by atoms with Crippen LogP contribution in [0.5, 0.6) is 0 Å². The molecule has 1 unspecified atom stereocenters. The summed E-state index contributed by atoms with van der Waals surface area (Å²) < 4.78 is 5.85. The van der Waals surface area contributed by atoms with E-state index in [1.54, 1.807) is 11.3 Å². The highest BCUT2D eigenvalue weighted by atomic mass is 32.1. The highest BCUT2D eigenvalue weighted by Gasteiger charge is 2.25. The third-order valence-electron chi connectivity index (χ3n) is 5.53. The van der Waals surface area contributed by atoms with Gasteiger partial charge in [0.05, 0.1) is 10.9 Å². The molecule has 4 nitrogen and oxygen atoms in total. The van der Waals surface area contributed by atoms with Crippen molar-refractivity contribution < 1.29 is 14.4 Å². The Hall–Kier alpha value is -2.47. The molecule has 5 heteroatoms. The van der Waals surface area contributed by atoms with E-state index in [9.17, 15) is 4.79 Å². The minimum atomic E-state index is -0.148. The van der Waals surface area contributed by atoms with E-state index < -0.39 is 0 Å². The molecule has 1 aliphatic heterocycles. The number of benzene rings is 2. The molecule has 0 aliphatic carbocycles. The van der Waals surface area contributed by atoms with Crippen molar-refractivity contribution in [2.75, 3.05) is 19.7 Å². The summed E-state index contributed by atoms with van der Waals surface area (Å²) >= 11 is 1.75. The summed E-state index contributed by atoms with van der Waals surface area (Å²) in [5, 5.41) is 5.38. The molecule has 1 fully saturated rings. The number of carbonyl (C=O) groups is 1. The lowest BCUT2D eigenvalue weighted by Crippen LogP contribution is -3.13. The molecule has 0 spiro atoms. The lowest BCUT2D eigenvalue weighted by molar-refractivity contribution is -0.908. The highest BCUT2D eigenvalue weighted by molar-refractivity contribution is 7.09. The Bertz CT molecular complexity index is 854. The van der Waals surface area contributed by atoms with Crippen LogP contribution in [0.15, 0.2) is 78.2 Å². The SMILES string of the molecule is O=C(C[NH+](Cc1cccs1)C[C@H]1CCCO1)NC(c1ccccc1)c1ccccc1. The predicted octanol–water partition coefficient (Wildman–Crippen LogP) is 3.22. The first-order valence-electron chi connectivity index (χ1n) is 10.6. The summed E-state index contributed by atoms with van der Waals surface area (Å²) in [6, 6.07) is 24.4. The smallest absolute Gasteiger partial charge is 0.275 e. The summed E-state index contributed by atoms with van der Waals surface area (Å²) in [4.78, 5) is 15.7. The quantitative estimate of drug-likeness (QED) is 0.557. The summed E-state index contributed by atoms with van der Waals surface area (Å²) in [6.45, 7) is 3.00. The second-order valence-electron chi connectivity index (χ2n) is 7.84. The lowest BCUT2D eigenvalue weighted by Gasteiger charge is -2.24. The van der Waals surface area contributed by atoms with Gasteiger partial charge in [-0.25, -0.2) is 0 Å². The molecule has 2 heterocycles. The van der Waals surface area contributed by atoms with E-state index in [0.29, 0.717) is 6.54 Å². The van der Waals surface area contributed by atoms with E-state index in [0.717, 1.165) is 43.7 Å². The second-order valence-corrected chi connectivity index (χ2v) is 8.88. The molecule has 1 saturated heterocycles. The summed E-state index contributed by atoms with van der Waals surface area (Å²) in [7, 11) is 0. The molecule has 2 atom stereocenters. The molecule has 3 aromatic rings. The van der Waals surface area contributed by atoms with Crippen LogP contribution in [0.2, 0.25) is 0 Å². The molecule has 1 aromatic heterocycles. The van der Waals surface area contributed by atoms with Gasteiger partial charge in [-0.15, -0.1) is 11.3 Å². The average Bonchev–Trinajstić information content (AvgIpc) is 3.48. The van der Waals surface area contributed by atoms with Gasteiger partial charge in [0.25, 0.3) is 5.91 Å². The Morgan fingerprint density at radius 3 is 2.30 bits per heavy atom. The van der Waals surface area contributed by atoms with Gasteiger partial charge >= 0.3 is 0 Å². The van der Waals surface area contributed by atoms with Crippen LogP contribution < -0.4 is 10.2 Å². The molecule has 30 heavy (non-hydrogen) atoms. The topological polar surface area (TPSA) is 42.8 Å². The molecule has 4 rings (SSSR count). The second kappa shape index (κ2) is 10.5. The van der Waals surface area contributed by atoms with Gasteiger partial charge in [0.15, 0.2) is 6.54 Å². The van der Waals surface area contributed by atoms with E-state index in [1.165, 1.54) is 9.78 Å². The van der Waals surface area contributed by atoms with Gasteiger partial charge in [-0.2, -0.15) is 0 Å². The standard InChI is InChI=1S/C25H28N2O2S/c28-24(19-27(17-22-13-7-15-29-22)18-23-14-8-16-30-23)26-25(20-9-3-1-4-10-20)21-11-5-2-6-12-21/h1-6,8-12,14,16,22,25H,7,13,15,17-19H2,(H,26,28)/p+1/t22-/m1/s1. The molecule has 1 aliphatic rings. The Labute approximate surface area is 182 Å². The molecule has 0 bridgehead atoms. The Morgan fingerprint density at radius 2 is 1.73 bits per heavy atom. The van der Waals surface area contributed by atoms with E-state index in [4.69, 9.17) is 4.74 Å². The zero-order chi connectivity index (χ0) is 20.6. The molecular formula is C25H29N2O2S+. The molecule has 0 radical (unpaired) electrons. The normalized spacial score (nSPS) is 17.2. The third kappa shape index (κ3) is 5.79. The van der Waals surface area contributed by atoms with Crippen molar-refractivity contribution in [2.45, 2.75) is 31.5 Å². The number of hydrogen-bond acceptors (Lipinski definition) is 3. The van der Waals surface area contributed by atoms with Crippen molar-refractivity contribution >= 4 is 17.2 Å². The number of carbonyl (C=O) groups excluding carboxylic acids is 1. The van der Waals surface area contributed by atoms with Gasteiger partial charge in [-0.3, -0.25) is 4.79 Å². The van der Waals surface area contributed by atoms with Crippen molar-refractivity contribution in [2.24, 2.45) is 0 Å². The molecule has 2 N–H and O–H groups in total. The predicted molar refractivity (Wildman–Crippen MR) is 121 cm³/mol. The number of ether oxygens (including phenoxy) is 1. The molecule has 1 amide bonds. The zero-order valence-corrected chi connectivity index (χ0v) is 17.9. The fraction of sp³-hybridized carbons (Fsp3) is 0.320. The number of hydrogen-bond donors (Lipinski definition) is 2. The van der Waals surface area contributed by atoms with Crippen LogP contribution in [-0.4, -0.2) is 31.7 Å². The average molecular weight is 422 g/mol. The number of amides is 1. The summed E-state index contributed by atoms with van der Waals surface area (Å²) in [5.41, 5.74) is 2.19. The first-order valence-corrected chi connectivity index (χ1v) is 11.5. The summed E-state index contributed by atoms with van der Waals surface area (Å²) in [5.74, 6) is 0.0669. The highest BCUT2D eigenvalue weighted by Crippen LogP contribution is 2.21. The van der Waals surface area contributed by atoms with Crippen molar-refractivity contribution in [1.29, 1.82) is 0 Å². The van der Waals surface area contributed by atoms with Gasteiger partial charge in [-0.05, 0) is 35.4 Å². The van der Waals surface area contributed by atoms with Gasteiger partial charge in [0.1, 0.15) is 19.2 Å². The number of rotatable bonds is 9. The zero-order valence-electron chi connectivity index (χ0n) is 17.1. The Morgan fingerprint density at radius 1 is 1.03 bits per heavy atom. The van der Waals surface area contributed by atoms with Crippen LogP contribution in [0.4, 0.5) is 0 Å². The molecular weight excluding hydrogens is 392 g/mol. The van der Waals surface area contributed by atoms with E-state index >= 15 is 0 Å². The molecule has 2 aromatic carbocycles. The van der Waals surface area contributed by atoms with Crippen molar-refractivity contribution in [1.82, 2.24) is 5.32 Å². The molecule has 156 valence electrons. The maximum atomic E-state index is 13.1. The number of quaternary nitrogens is 1. The minimum Gasteiger partial charge on any atom is -0.372 e. The van der Waals surface area contributed by atoms with Crippen molar-refractivity contribution in [3.05, 3.63) is 94.2 Å². The van der Waals surface area contributed by atoms with Gasteiger partial charge in [-0.1, -0.05) is 66.7 Å². The van der Waals surface area contributed by atoms with E-state index in [1.807, 2.05) is 36.4 Å². The van der Waals surface area contributed by atoms with Crippen LogP contribution >= 0.6 is 11.3 Å². The van der Waals surface area contributed by atoms with E-state index in [-0.39, 0.29) is 18.1 Å². The number of nitrogens with one attached hydrogen (secondary N) is 2. The first kappa shape index (κ1) is 20.8. The minimum absolute atomic E-state index is 0.0669. The summed E-state index contributed by atoms with van der Waals surface area (Å²) in [6.07, 6.45) is 2.46. The van der Waals surface area contributed by atoms with Gasteiger partial charge in [0, 0.05) is 6.61 Å². The largest absolute Gasteiger partial charge is 0.372 e. The number of thiophene rings is 1. The third-order valence-corrected chi connectivity index (χ3v) is 6.40. The van der Waals surface area contributed by atoms with Crippen LogP contribution in [0.1, 0.15) is 34.9 Å². The van der Waals surface area contributed by atoms with Gasteiger partial charge in [0.2, 0.25) is 0 Å². The van der Waals surface area contributed by atoms with Gasteiger partial charge < -0.3 is 15.0 Å². The van der Waals surface area contributed by atoms with Crippen LogP contribution in [0.3, 0.4) is 0 Å². The molecule has 0 saturated carbocycles. The Kier molecular flexibility index (Phi) is 7.29. The van der Waals surface area contributed by atoms with Crippen molar-refractivity contribution in [3.63, 3.8) is 0 Å². The fourth-order valence-corrected chi connectivity index (χ4v) is 4.86. The van der Waals surface area contributed by atoms with Crippen LogP contribution in [0.25, 0.3) is 0 Å². The monoisotopic (exact) mass is 421 g/mol. The van der Waals surface area contributed by atoms with E-state index in [2.05, 4.69) is 47.1 Å².